The van der Waals surface area contributed by atoms with Crippen LogP contribution in [0.4, 0.5) is 13.2 Å². The molecule has 2 rings (SSSR count). The molecule has 0 bridgehead atoms. The minimum Gasteiger partial charge on any atom is -0.406 e. The van der Waals surface area contributed by atoms with E-state index in [4.69, 9.17) is 5.73 Å². The fourth-order valence-corrected chi connectivity index (χ4v) is 2.09. The smallest absolute Gasteiger partial charge is 0.406 e. The number of guanidine groups is 1. The Balaban J connectivity index is 0.00000338. The van der Waals surface area contributed by atoms with Crippen LogP contribution >= 0.6 is 24.0 Å². The van der Waals surface area contributed by atoms with E-state index in [-0.39, 0.29) is 29.7 Å². The molecule has 142 valence electrons. The van der Waals surface area contributed by atoms with Crippen LogP contribution in [0.5, 0.6) is 5.75 Å². The van der Waals surface area contributed by atoms with Crippen molar-refractivity contribution in [1.29, 1.82) is 0 Å². The van der Waals surface area contributed by atoms with E-state index in [1.807, 2.05) is 18.2 Å². The summed E-state index contributed by atoms with van der Waals surface area (Å²) in [6.07, 6.45) is -1.65. The molecule has 5 nitrogen and oxygen atoms in total. The largest absolute Gasteiger partial charge is 0.573 e. The zero-order valence-corrected chi connectivity index (χ0v) is 16.2. The van der Waals surface area contributed by atoms with Gasteiger partial charge in [0.1, 0.15) is 5.75 Å². The lowest BCUT2D eigenvalue weighted by molar-refractivity contribution is -0.274. The fourth-order valence-electron chi connectivity index (χ4n) is 2.09. The van der Waals surface area contributed by atoms with Gasteiger partial charge in [0.05, 0.1) is 0 Å². The topological polar surface area (TPSA) is 72.5 Å². The predicted octanol–water partition coefficient (Wildman–Crippen LogP) is 3.29. The minimum atomic E-state index is -4.68. The molecule has 0 saturated carbocycles. The van der Waals surface area contributed by atoms with Crippen molar-refractivity contribution in [3.05, 3.63) is 59.9 Å². The number of alkyl halides is 3. The van der Waals surface area contributed by atoms with E-state index in [1.165, 1.54) is 12.1 Å². The molecule has 0 aliphatic carbocycles. The number of nitrogens with zero attached hydrogens (tertiary/aromatic N) is 2. The average Bonchev–Trinajstić information content (AvgIpc) is 2.56. The third-order valence-electron chi connectivity index (χ3n) is 3.25. The van der Waals surface area contributed by atoms with Gasteiger partial charge in [0, 0.05) is 31.4 Å². The minimum absolute atomic E-state index is 0. The summed E-state index contributed by atoms with van der Waals surface area (Å²) in [6.45, 7) is 1.05. The van der Waals surface area contributed by atoms with E-state index in [9.17, 15) is 13.2 Å². The summed E-state index contributed by atoms with van der Waals surface area (Å²) in [5.41, 5.74) is 7.58. The Morgan fingerprint density at radius 2 is 1.85 bits per heavy atom. The van der Waals surface area contributed by atoms with Gasteiger partial charge >= 0.3 is 6.36 Å². The zero-order valence-electron chi connectivity index (χ0n) is 13.9. The first kappa shape index (κ1) is 22.0. The number of hydrogen-bond acceptors (Lipinski definition) is 3. The number of ether oxygens (including phenoxy) is 1. The van der Waals surface area contributed by atoms with Crippen LogP contribution in [0.15, 0.2) is 53.7 Å². The van der Waals surface area contributed by atoms with Gasteiger partial charge in [-0.1, -0.05) is 18.2 Å². The maximum absolute atomic E-state index is 12.1. The second-order valence-electron chi connectivity index (χ2n) is 5.21. The molecule has 0 amide bonds. The van der Waals surface area contributed by atoms with Crippen LogP contribution in [0.2, 0.25) is 0 Å². The van der Waals surface area contributed by atoms with Gasteiger partial charge in [-0.15, -0.1) is 37.1 Å². The van der Waals surface area contributed by atoms with Gasteiger partial charge in [0.15, 0.2) is 5.96 Å². The number of rotatable bonds is 7. The van der Waals surface area contributed by atoms with E-state index >= 15 is 0 Å². The highest BCUT2D eigenvalue weighted by Gasteiger charge is 2.30. The number of aromatic nitrogens is 1. The summed E-state index contributed by atoms with van der Waals surface area (Å²) in [5, 5.41) is 2.97. The number of halogens is 4. The van der Waals surface area contributed by atoms with Crippen molar-refractivity contribution in [2.24, 2.45) is 10.7 Å². The Hall–Kier alpha value is -2.04. The molecule has 2 aromatic rings. The van der Waals surface area contributed by atoms with Gasteiger partial charge in [0.25, 0.3) is 0 Å². The normalized spacial score (nSPS) is 11.6. The van der Waals surface area contributed by atoms with E-state index in [0.717, 1.165) is 11.3 Å². The Kier molecular flexibility index (Phi) is 9.17. The van der Waals surface area contributed by atoms with Gasteiger partial charge in [0.2, 0.25) is 0 Å². The molecule has 0 radical (unpaired) electrons. The molecular formula is C17H20F3IN4O. The van der Waals surface area contributed by atoms with E-state index in [2.05, 4.69) is 20.0 Å². The summed E-state index contributed by atoms with van der Waals surface area (Å²) in [7, 11) is 0. The van der Waals surface area contributed by atoms with Crippen molar-refractivity contribution in [2.45, 2.75) is 19.2 Å². The Morgan fingerprint density at radius 3 is 2.46 bits per heavy atom. The molecule has 0 atom stereocenters. The zero-order chi connectivity index (χ0) is 18.1. The van der Waals surface area contributed by atoms with Crippen LogP contribution in [0.25, 0.3) is 0 Å². The Morgan fingerprint density at radius 1 is 1.12 bits per heavy atom. The molecule has 26 heavy (non-hydrogen) atoms. The number of benzene rings is 1. The summed E-state index contributed by atoms with van der Waals surface area (Å²) >= 11 is 0. The molecule has 0 unspecified atom stereocenters. The van der Waals surface area contributed by atoms with Crippen LogP contribution in [-0.2, 0) is 12.8 Å². The molecular weight excluding hydrogens is 460 g/mol. The molecule has 0 saturated heterocycles. The molecule has 1 aromatic carbocycles. The van der Waals surface area contributed by atoms with Gasteiger partial charge in [-0.25, -0.2) is 0 Å². The van der Waals surface area contributed by atoms with Crippen molar-refractivity contribution in [1.82, 2.24) is 10.3 Å². The average molecular weight is 480 g/mol. The van der Waals surface area contributed by atoms with Crippen LogP contribution < -0.4 is 15.8 Å². The van der Waals surface area contributed by atoms with Crippen LogP contribution in [0, 0.1) is 0 Å². The molecule has 0 fully saturated rings. The maximum Gasteiger partial charge on any atom is 0.573 e. The second-order valence-corrected chi connectivity index (χ2v) is 5.21. The molecule has 1 aromatic heterocycles. The molecule has 0 aliphatic rings. The lowest BCUT2D eigenvalue weighted by Crippen LogP contribution is -2.33. The fraction of sp³-hybridized carbons (Fsp3) is 0.294. The first-order chi connectivity index (χ1) is 11.9. The van der Waals surface area contributed by atoms with Crippen molar-refractivity contribution in [3.8, 4) is 5.75 Å². The molecule has 0 aliphatic heterocycles. The van der Waals surface area contributed by atoms with E-state index < -0.39 is 6.36 Å². The highest BCUT2D eigenvalue weighted by molar-refractivity contribution is 14.0. The summed E-state index contributed by atoms with van der Waals surface area (Å²) in [6, 6.07) is 11.4. The second kappa shape index (κ2) is 10.8. The number of hydrogen-bond donors (Lipinski definition) is 2. The lowest BCUT2D eigenvalue weighted by atomic mass is 10.1. The summed E-state index contributed by atoms with van der Waals surface area (Å²) < 4.78 is 40.1. The van der Waals surface area contributed by atoms with Crippen molar-refractivity contribution >= 4 is 29.9 Å². The Labute approximate surface area is 166 Å². The number of pyridine rings is 1. The highest BCUT2D eigenvalue weighted by Crippen LogP contribution is 2.22. The molecule has 3 N–H and O–H groups in total. The predicted molar refractivity (Wildman–Crippen MR) is 105 cm³/mol. The summed E-state index contributed by atoms with van der Waals surface area (Å²) in [5.74, 6) is 0.0905. The van der Waals surface area contributed by atoms with Gasteiger partial charge < -0.3 is 15.8 Å². The van der Waals surface area contributed by atoms with Crippen LogP contribution in [0.3, 0.4) is 0 Å². The van der Waals surface area contributed by atoms with Crippen LogP contribution in [0.1, 0.15) is 11.3 Å². The van der Waals surface area contributed by atoms with Crippen molar-refractivity contribution in [2.75, 3.05) is 13.1 Å². The van der Waals surface area contributed by atoms with Gasteiger partial charge in [-0.3, -0.25) is 9.98 Å². The molecule has 0 spiro atoms. The third-order valence-corrected chi connectivity index (χ3v) is 3.25. The molecule has 9 heteroatoms. The van der Waals surface area contributed by atoms with Crippen LogP contribution in [-0.4, -0.2) is 30.4 Å². The first-order valence-corrected chi connectivity index (χ1v) is 7.71. The third kappa shape index (κ3) is 8.88. The number of aliphatic imine (C=N–C) groups is 1. The van der Waals surface area contributed by atoms with E-state index in [0.29, 0.717) is 31.9 Å². The SMILES string of the molecule is I.NC(=NCCc1ccccn1)NCCc1ccc(OC(F)(F)F)cc1. The van der Waals surface area contributed by atoms with E-state index in [1.54, 1.807) is 18.3 Å². The Bertz CT molecular complexity index is 679. The molecule has 1 heterocycles. The number of nitrogens with one attached hydrogen (secondary N) is 1. The van der Waals surface area contributed by atoms with Gasteiger partial charge in [-0.05, 0) is 36.2 Å². The standard InChI is InChI=1S/C17H19F3N4O.HI/c18-17(19,20)25-15-6-4-13(5-7-15)8-11-23-16(21)24-12-9-14-3-1-2-10-22-14;/h1-7,10H,8-9,11-12H2,(H3,21,23,24);1H. The quantitative estimate of drug-likeness (QED) is 0.363. The highest BCUT2D eigenvalue weighted by atomic mass is 127. The van der Waals surface area contributed by atoms with Crippen molar-refractivity contribution < 1.29 is 17.9 Å². The number of nitrogens with two attached hydrogens (primary N) is 1. The first-order valence-electron chi connectivity index (χ1n) is 7.71. The maximum atomic E-state index is 12.1. The van der Waals surface area contributed by atoms with Crippen molar-refractivity contribution in [3.63, 3.8) is 0 Å². The lowest BCUT2D eigenvalue weighted by Gasteiger charge is -2.09. The monoisotopic (exact) mass is 480 g/mol. The van der Waals surface area contributed by atoms with Gasteiger partial charge in [-0.2, -0.15) is 0 Å². The summed E-state index contributed by atoms with van der Waals surface area (Å²) in [4.78, 5) is 8.40.